The first-order valence-electron chi connectivity index (χ1n) is 10.7. The van der Waals surface area contributed by atoms with Gasteiger partial charge in [-0.1, -0.05) is 24.3 Å². The predicted octanol–water partition coefficient (Wildman–Crippen LogP) is 5.02. The average molecular weight is 397 g/mol. The van der Waals surface area contributed by atoms with Crippen molar-refractivity contribution in [2.75, 3.05) is 13.1 Å². The first-order valence-corrected chi connectivity index (χ1v) is 11.6. The molecule has 1 aliphatic heterocycles. The molecular formula is C24H32N2OS. The van der Waals surface area contributed by atoms with Gasteiger partial charge in [0.1, 0.15) is 0 Å². The summed E-state index contributed by atoms with van der Waals surface area (Å²) in [5, 5.41) is 2.21. The van der Waals surface area contributed by atoms with Gasteiger partial charge in [-0.2, -0.15) is 0 Å². The van der Waals surface area contributed by atoms with Crippen LogP contribution in [0.2, 0.25) is 0 Å². The molecule has 0 spiro atoms. The first-order chi connectivity index (χ1) is 13.6. The Hall–Kier alpha value is -1.65. The summed E-state index contributed by atoms with van der Waals surface area (Å²) in [6, 6.07) is 12.3. The summed E-state index contributed by atoms with van der Waals surface area (Å²) >= 11 is 1.89. The van der Waals surface area contributed by atoms with E-state index in [4.69, 9.17) is 0 Å². The number of piperidine rings is 1. The van der Waals surface area contributed by atoms with E-state index < -0.39 is 0 Å². The minimum Gasteiger partial charge on any atom is -0.343 e. The van der Waals surface area contributed by atoms with Crippen LogP contribution in [-0.4, -0.2) is 34.8 Å². The molecule has 0 N–H and O–H groups in total. The van der Waals surface area contributed by atoms with Gasteiger partial charge in [-0.3, -0.25) is 9.69 Å². The van der Waals surface area contributed by atoms with Crippen LogP contribution in [0, 0.1) is 12.8 Å². The number of amides is 1. The molecule has 28 heavy (non-hydrogen) atoms. The lowest BCUT2D eigenvalue weighted by Crippen LogP contribution is -2.37. The van der Waals surface area contributed by atoms with E-state index >= 15 is 0 Å². The molecule has 4 rings (SSSR count). The molecule has 1 saturated heterocycles. The van der Waals surface area contributed by atoms with Crippen LogP contribution in [0.4, 0.5) is 0 Å². The number of benzene rings is 1. The van der Waals surface area contributed by atoms with Crippen molar-refractivity contribution >= 4 is 17.2 Å². The van der Waals surface area contributed by atoms with Crippen molar-refractivity contribution in [1.82, 2.24) is 9.80 Å². The fraction of sp³-hybridized carbons (Fsp3) is 0.542. The number of aryl methyl sites for hydroxylation is 1. The van der Waals surface area contributed by atoms with Crippen LogP contribution in [0.25, 0.3) is 0 Å². The first kappa shape index (κ1) is 19.7. The maximum Gasteiger partial charge on any atom is 0.219 e. The number of nitrogens with zero attached hydrogens (tertiary/aromatic N) is 2. The van der Waals surface area contributed by atoms with Gasteiger partial charge in [0, 0.05) is 44.0 Å². The molecule has 0 bridgehead atoms. The summed E-state index contributed by atoms with van der Waals surface area (Å²) in [7, 11) is 0. The van der Waals surface area contributed by atoms with Gasteiger partial charge >= 0.3 is 0 Å². The second-order valence-corrected chi connectivity index (χ2v) is 9.63. The Morgan fingerprint density at radius 3 is 2.29 bits per heavy atom. The molecule has 2 heterocycles. The minimum atomic E-state index is 0.223. The SMILES string of the molecule is CC(=O)N1CCC(Cc2ccc(CN(Cc3sccc3C)C3CC3)cc2)CC1. The van der Waals surface area contributed by atoms with Crippen LogP contribution in [0.3, 0.4) is 0 Å². The molecule has 3 nitrogen and oxygen atoms in total. The van der Waals surface area contributed by atoms with Gasteiger partial charge in [-0.05, 0) is 73.1 Å². The summed E-state index contributed by atoms with van der Waals surface area (Å²) in [6.07, 6.45) is 6.11. The third kappa shape index (κ3) is 5.03. The molecule has 0 unspecified atom stereocenters. The highest BCUT2D eigenvalue weighted by atomic mass is 32.1. The van der Waals surface area contributed by atoms with Crippen LogP contribution in [0.15, 0.2) is 35.7 Å². The van der Waals surface area contributed by atoms with Gasteiger partial charge in [-0.15, -0.1) is 11.3 Å². The largest absolute Gasteiger partial charge is 0.343 e. The van der Waals surface area contributed by atoms with Gasteiger partial charge in [0.2, 0.25) is 5.91 Å². The molecule has 1 aromatic carbocycles. The second-order valence-electron chi connectivity index (χ2n) is 8.63. The predicted molar refractivity (Wildman–Crippen MR) is 116 cm³/mol. The van der Waals surface area contributed by atoms with Crippen LogP contribution >= 0.6 is 11.3 Å². The van der Waals surface area contributed by atoms with E-state index in [1.807, 2.05) is 16.2 Å². The van der Waals surface area contributed by atoms with Crippen LogP contribution in [-0.2, 0) is 24.3 Å². The van der Waals surface area contributed by atoms with Crippen molar-refractivity contribution in [3.05, 3.63) is 57.3 Å². The zero-order chi connectivity index (χ0) is 19.5. The number of hydrogen-bond acceptors (Lipinski definition) is 3. The Bertz CT molecular complexity index is 785. The van der Waals surface area contributed by atoms with Crippen molar-refractivity contribution in [3.63, 3.8) is 0 Å². The number of carbonyl (C=O) groups is 1. The lowest BCUT2D eigenvalue weighted by atomic mass is 9.90. The van der Waals surface area contributed by atoms with E-state index in [0.717, 1.165) is 51.5 Å². The number of carbonyl (C=O) groups excluding carboxylic acids is 1. The second kappa shape index (κ2) is 8.79. The monoisotopic (exact) mass is 396 g/mol. The topological polar surface area (TPSA) is 23.6 Å². The fourth-order valence-electron chi connectivity index (χ4n) is 4.30. The van der Waals surface area contributed by atoms with Gasteiger partial charge in [0.05, 0.1) is 0 Å². The maximum atomic E-state index is 11.5. The highest BCUT2D eigenvalue weighted by molar-refractivity contribution is 7.10. The molecule has 0 radical (unpaired) electrons. The molecule has 4 heteroatoms. The van der Waals surface area contributed by atoms with Gasteiger partial charge in [-0.25, -0.2) is 0 Å². The molecule has 2 fully saturated rings. The van der Waals surface area contributed by atoms with Gasteiger partial charge in [0.15, 0.2) is 0 Å². The molecule has 0 atom stereocenters. The van der Waals surface area contributed by atoms with Crippen molar-refractivity contribution in [1.29, 1.82) is 0 Å². The van der Waals surface area contributed by atoms with E-state index in [9.17, 15) is 4.79 Å². The molecule has 1 saturated carbocycles. The minimum absolute atomic E-state index is 0.223. The van der Waals surface area contributed by atoms with Gasteiger partial charge in [0.25, 0.3) is 0 Å². The Morgan fingerprint density at radius 2 is 1.71 bits per heavy atom. The Kier molecular flexibility index (Phi) is 6.17. The zero-order valence-corrected chi connectivity index (χ0v) is 18.0. The Morgan fingerprint density at radius 1 is 1.04 bits per heavy atom. The molecule has 2 aromatic rings. The van der Waals surface area contributed by atoms with Crippen LogP contribution in [0.5, 0.6) is 0 Å². The smallest absolute Gasteiger partial charge is 0.219 e. The Labute approximate surface area is 173 Å². The van der Waals surface area contributed by atoms with Crippen LogP contribution < -0.4 is 0 Å². The molecule has 2 aliphatic rings. The average Bonchev–Trinajstić information content (AvgIpc) is 3.46. The normalized spacial score (nSPS) is 18.0. The quantitative estimate of drug-likeness (QED) is 0.656. The summed E-state index contributed by atoms with van der Waals surface area (Å²) in [4.78, 5) is 17.6. The van der Waals surface area contributed by atoms with Crippen molar-refractivity contribution < 1.29 is 4.79 Å². The lowest BCUT2D eigenvalue weighted by Gasteiger charge is -2.31. The zero-order valence-electron chi connectivity index (χ0n) is 17.2. The lowest BCUT2D eigenvalue weighted by molar-refractivity contribution is -0.130. The molecular weight excluding hydrogens is 364 g/mol. The van der Waals surface area contributed by atoms with Crippen LogP contribution in [0.1, 0.15) is 54.2 Å². The molecule has 1 aliphatic carbocycles. The van der Waals surface area contributed by atoms with E-state index in [1.54, 1.807) is 6.92 Å². The van der Waals surface area contributed by atoms with Crippen molar-refractivity contribution in [3.8, 4) is 0 Å². The number of likely N-dealkylation sites (tertiary alicyclic amines) is 1. The number of rotatable bonds is 7. The van der Waals surface area contributed by atoms with Gasteiger partial charge < -0.3 is 4.90 Å². The van der Waals surface area contributed by atoms with E-state index in [2.05, 4.69) is 47.5 Å². The van der Waals surface area contributed by atoms with Crippen molar-refractivity contribution in [2.24, 2.45) is 5.92 Å². The third-order valence-corrected chi connectivity index (χ3v) is 7.38. The summed E-state index contributed by atoms with van der Waals surface area (Å²) in [6.45, 7) is 7.91. The molecule has 150 valence electrons. The standard InChI is InChI=1S/C24H32N2OS/c1-18-11-14-28-24(18)17-26(23-7-8-23)16-22-5-3-20(4-6-22)15-21-9-12-25(13-10-21)19(2)27/h3-6,11,14,21,23H,7-10,12-13,15-17H2,1-2H3. The Balaban J connectivity index is 1.31. The highest BCUT2D eigenvalue weighted by Gasteiger charge is 2.29. The molecule has 1 amide bonds. The third-order valence-electron chi connectivity index (χ3n) is 6.37. The fourth-order valence-corrected chi connectivity index (χ4v) is 5.24. The number of hydrogen-bond donors (Lipinski definition) is 0. The molecule has 1 aromatic heterocycles. The van der Waals surface area contributed by atoms with E-state index in [1.165, 1.54) is 34.4 Å². The maximum absolute atomic E-state index is 11.5. The summed E-state index contributed by atoms with van der Waals surface area (Å²) in [5.74, 6) is 0.937. The van der Waals surface area contributed by atoms with Crippen molar-refractivity contribution in [2.45, 2.75) is 65.1 Å². The summed E-state index contributed by atoms with van der Waals surface area (Å²) in [5.41, 5.74) is 4.30. The van der Waals surface area contributed by atoms with E-state index in [0.29, 0.717) is 5.92 Å². The number of thiophene rings is 1. The highest BCUT2D eigenvalue weighted by Crippen LogP contribution is 2.31. The van der Waals surface area contributed by atoms with E-state index in [-0.39, 0.29) is 5.91 Å². The summed E-state index contributed by atoms with van der Waals surface area (Å²) < 4.78 is 0.